The van der Waals surface area contributed by atoms with Crippen LogP contribution < -0.4 is 5.32 Å². The van der Waals surface area contributed by atoms with E-state index >= 15 is 0 Å². The lowest BCUT2D eigenvalue weighted by Gasteiger charge is -2.46. The molecule has 214 valence electrons. The third-order valence-corrected chi connectivity index (χ3v) is 7.55. The molecule has 1 unspecified atom stereocenters. The summed E-state index contributed by atoms with van der Waals surface area (Å²) in [5.74, 6) is -4.78. The van der Waals surface area contributed by atoms with Crippen molar-refractivity contribution in [2.24, 2.45) is 11.3 Å². The molecule has 0 aliphatic heterocycles. The van der Waals surface area contributed by atoms with E-state index in [1.807, 2.05) is 6.92 Å². The van der Waals surface area contributed by atoms with Crippen LogP contribution in [0.2, 0.25) is 10.0 Å². The molecule has 1 aliphatic rings. The number of carbonyl (C=O) groups is 2. The van der Waals surface area contributed by atoms with Gasteiger partial charge in [-0.1, -0.05) is 54.7 Å². The summed E-state index contributed by atoms with van der Waals surface area (Å²) in [6.45, 7) is 8.46. The van der Waals surface area contributed by atoms with Crippen LogP contribution in [0.3, 0.4) is 0 Å². The number of alkyl halides is 3. The minimum Gasteiger partial charge on any atom is -0.459 e. The Balaban J connectivity index is 1.98. The van der Waals surface area contributed by atoms with Crippen LogP contribution in [0, 0.1) is 11.3 Å². The van der Waals surface area contributed by atoms with Crippen molar-refractivity contribution in [1.29, 1.82) is 0 Å². The molecular formula is C29H34Cl2F3NO4. The van der Waals surface area contributed by atoms with Crippen molar-refractivity contribution in [3.8, 4) is 0 Å². The number of esters is 1. The van der Waals surface area contributed by atoms with Crippen molar-refractivity contribution in [2.45, 2.75) is 77.7 Å². The van der Waals surface area contributed by atoms with Gasteiger partial charge in [0.1, 0.15) is 5.60 Å². The predicted molar refractivity (Wildman–Crippen MR) is 146 cm³/mol. The van der Waals surface area contributed by atoms with E-state index in [1.165, 1.54) is 30.3 Å². The van der Waals surface area contributed by atoms with Crippen LogP contribution in [0.5, 0.6) is 0 Å². The van der Waals surface area contributed by atoms with Gasteiger partial charge in [-0.3, -0.25) is 9.59 Å². The van der Waals surface area contributed by atoms with E-state index < -0.39 is 41.0 Å². The van der Waals surface area contributed by atoms with Gasteiger partial charge in [-0.05, 0) is 75.9 Å². The van der Waals surface area contributed by atoms with Crippen molar-refractivity contribution >= 4 is 40.8 Å². The number of amides is 1. The van der Waals surface area contributed by atoms with Gasteiger partial charge in [0.25, 0.3) is 0 Å². The van der Waals surface area contributed by atoms with Crippen LogP contribution in [0.1, 0.15) is 77.0 Å². The number of nitrogens with one attached hydrogen (secondary N) is 1. The van der Waals surface area contributed by atoms with Crippen LogP contribution in [0.15, 0.2) is 42.5 Å². The summed E-state index contributed by atoms with van der Waals surface area (Å²) in [6, 6.07) is 10.5. The minimum atomic E-state index is -4.63. The molecule has 2 aromatic carbocycles. The molecule has 39 heavy (non-hydrogen) atoms. The third kappa shape index (κ3) is 7.27. The largest absolute Gasteiger partial charge is 0.459 e. The molecule has 1 N–H and O–H groups in total. The first-order valence-corrected chi connectivity index (χ1v) is 13.6. The SMILES string of the molecule is CCOC(c1ccc(Cl)c(NC(=O)[C@H](c2ccc(Cl)cc2)[C@@H](C)C(F)(F)F)c1)C1(C(=O)OC(C)(C)C)CCC1. The molecule has 3 rings (SSSR count). The normalized spacial score (nSPS) is 17.5. The van der Waals surface area contributed by atoms with Crippen LogP contribution in [0.25, 0.3) is 0 Å². The second kappa shape index (κ2) is 12.1. The van der Waals surface area contributed by atoms with Gasteiger partial charge in [0.15, 0.2) is 0 Å². The van der Waals surface area contributed by atoms with Gasteiger partial charge in [-0.25, -0.2) is 0 Å². The Morgan fingerprint density at radius 1 is 1.03 bits per heavy atom. The molecule has 3 atom stereocenters. The van der Waals surface area contributed by atoms with Gasteiger partial charge >= 0.3 is 12.1 Å². The quantitative estimate of drug-likeness (QED) is 0.299. The molecular weight excluding hydrogens is 554 g/mol. The second-order valence-corrected chi connectivity index (χ2v) is 11.8. The fourth-order valence-electron chi connectivity index (χ4n) is 4.79. The summed E-state index contributed by atoms with van der Waals surface area (Å²) in [6.07, 6.45) is -3.40. The maximum Gasteiger partial charge on any atom is 0.392 e. The first-order chi connectivity index (χ1) is 18.1. The molecule has 0 aromatic heterocycles. The lowest BCUT2D eigenvalue weighted by atomic mass is 9.63. The number of rotatable bonds is 9. The minimum absolute atomic E-state index is 0.121. The zero-order chi connectivity index (χ0) is 29.2. The summed E-state index contributed by atoms with van der Waals surface area (Å²) < 4.78 is 53.1. The van der Waals surface area contributed by atoms with Gasteiger partial charge in [0, 0.05) is 11.6 Å². The van der Waals surface area contributed by atoms with Crippen molar-refractivity contribution in [3.05, 3.63) is 63.6 Å². The topological polar surface area (TPSA) is 64.6 Å². The number of carbonyl (C=O) groups excluding carboxylic acids is 2. The fourth-order valence-corrected chi connectivity index (χ4v) is 5.08. The monoisotopic (exact) mass is 587 g/mol. The zero-order valence-corrected chi connectivity index (χ0v) is 24.1. The molecule has 1 aliphatic carbocycles. The van der Waals surface area contributed by atoms with Crippen LogP contribution in [0.4, 0.5) is 18.9 Å². The number of benzene rings is 2. The van der Waals surface area contributed by atoms with Crippen LogP contribution in [-0.4, -0.2) is 30.3 Å². The highest BCUT2D eigenvalue weighted by Gasteiger charge is 2.54. The van der Waals surface area contributed by atoms with Gasteiger partial charge < -0.3 is 14.8 Å². The summed E-state index contributed by atoms with van der Waals surface area (Å²) >= 11 is 12.3. The highest BCUT2D eigenvalue weighted by Crippen LogP contribution is 2.54. The van der Waals surface area contributed by atoms with Crippen molar-refractivity contribution in [1.82, 2.24) is 0 Å². The highest BCUT2D eigenvalue weighted by molar-refractivity contribution is 6.33. The predicted octanol–water partition coefficient (Wildman–Crippen LogP) is 8.50. The van der Waals surface area contributed by atoms with Gasteiger partial charge in [0.2, 0.25) is 5.91 Å². The Morgan fingerprint density at radius 3 is 2.10 bits per heavy atom. The summed E-state index contributed by atoms with van der Waals surface area (Å²) in [5.41, 5.74) is -0.763. The molecule has 1 amide bonds. The van der Waals surface area contributed by atoms with Crippen LogP contribution >= 0.6 is 23.2 Å². The molecule has 0 saturated heterocycles. The van der Waals surface area contributed by atoms with E-state index in [0.29, 0.717) is 30.0 Å². The maximum atomic E-state index is 13.8. The number of hydrogen-bond donors (Lipinski definition) is 1. The number of hydrogen-bond acceptors (Lipinski definition) is 4. The summed E-state index contributed by atoms with van der Waals surface area (Å²) in [7, 11) is 0. The average Bonchev–Trinajstić information content (AvgIpc) is 2.79. The molecule has 0 radical (unpaired) electrons. The molecule has 5 nitrogen and oxygen atoms in total. The van der Waals surface area contributed by atoms with Gasteiger partial charge in [-0.15, -0.1) is 0 Å². The summed E-state index contributed by atoms with van der Waals surface area (Å²) in [4.78, 5) is 26.7. The molecule has 0 spiro atoms. The fraction of sp³-hybridized carbons (Fsp3) is 0.517. The second-order valence-electron chi connectivity index (χ2n) is 10.9. The van der Waals surface area contributed by atoms with E-state index in [1.54, 1.807) is 32.9 Å². The Labute approximate surface area is 237 Å². The molecule has 2 aromatic rings. The Kier molecular flexibility index (Phi) is 9.67. The molecule has 10 heteroatoms. The molecule has 1 fully saturated rings. The third-order valence-electron chi connectivity index (χ3n) is 6.97. The molecule has 1 saturated carbocycles. The molecule has 0 bridgehead atoms. The number of anilines is 1. The van der Waals surface area contributed by atoms with Crippen molar-refractivity contribution in [2.75, 3.05) is 11.9 Å². The Morgan fingerprint density at radius 2 is 1.62 bits per heavy atom. The average molecular weight is 588 g/mol. The van der Waals surface area contributed by atoms with Crippen molar-refractivity contribution < 1.29 is 32.2 Å². The standard InChI is InChI=1S/C29H34Cl2F3NO4/c1-6-38-24(28(14-7-15-28)26(37)39-27(3,4)5)19-10-13-21(31)22(16-19)35-25(36)23(17(2)29(32,33)34)18-8-11-20(30)12-9-18/h8-13,16-17,23-24H,6-7,14-15H2,1-5H3,(H,35,36)/t17-,23+,24?/m1/s1. The van der Waals surface area contributed by atoms with Crippen LogP contribution in [-0.2, 0) is 19.1 Å². The van der Waals surface area contributed by atoms with E-state index in [0.717, 1.165) is 13.3 Å². The highest BCUT2D eigenvalue weighted by atomic mass is 35.5. The number of ether oxygens (including phenoxy) is 2. The Hall–Kier alpha value is -2.29. The molecule has 0 heterocycles. The van der Waals surface area contributed by atoms with Gasteiger partial charge in [-0.2, -0.15) is 13.2 Å². The summed E-state index contributed by atoms with van der Waals surface area (Å²) in [5, 5.41) is 3.07. The zero-order valence-electron chi connectivity index (χ0n) is 22.6. The smallest absolute Gasteiger partial charge is 0.392 e. The number of halogens is 5. The van der Waals surface area contributed by atoms with E-state index in [2.05, 4.69) is 5.32 Å². The first kappa shape index (κ1) is 31.2. The van der Waals surface area contributed by atoms with Crippen molar-refractivity contribution in [3.63, 3.8) is 0 Å². The van der Waals surface area contributed by atoms with E-state index in [9.17, 15) is 22.8 Å². The maximum absolute atomic E-state index is 13.8. The van der Waals surface area contributed by atoms with E-state index in [-0.39, 0.29) is 22.2 Å². The van der Waals surface area contributed by atoms with E-state index in [4.69, 9.17) is 32.7 Å². The lowest BCUT2D eigenvalue weighted by molar-refractivity contribution is -0.189. The van der Waals surface area contributed by atoms with Gasteiger partial charge in [0.05, 0.1) is 34.1 Å². The lowest BCUT2D eigenvalue weighted by Crippen LogP contribution is -2.47. The Bertz CT molecular complexity index is 1170. The first-order valence-electron chi connectivity index (χ1n) is 12.9.